The van der Waals surface area contributed by atoms with Crippen LogP contribution in [0, 0.1) is 0 Å². The molecular formula is C30H32N2O2S. The second-order valence-corrected chi connectivity index (χ2v) is 11.0. The van der Waals surface area contributed by atoms with Gasteiger partial charge in [0.15, 0.2) is 0 Å². The van der Waals surface area contributed by atoms with E-state index in [0.717, 1.165) is 30.5 Å². The Bertz CT molecular complexity index is 1170. The number of nitrogens with zero attached hydrogens (tertiary/aromatic N) is 1. The number of thioether (sulfide) groups is 1. The zero-order valence-corrected chi connectivity index (χ0v) is 21.0. The number of anilines is 1. The van der Waals surface area contributed by atoms with Crippen LogP contribution in [0.15, 0.2) is 78.9 Å². The van der Waals surface area contributed by atoms with Gasteiger partial charge in [0.2, 0.25) is 5.91 Å². The average Bonchev–Trinajstić information content (AvgIpc) is 3.70. The quantitative estimate of drug-likeness (QED) is 0.354. The molecule has 1 aliphatic carbocycles. The van der Waals surface area contributed by atoms with Gasteiger partial charge >= 0.3 is 0 Å². The highest BCUT2D eigenvalue weighted by molar-refractivity contribution is 8.01. The van der Waals surface area contributed by atoms with E-state index < -0.39 is 0 Å². The highest BCUT2D eigenvalue weighted by Gasteiger charge is 2.39. The third-order valence-corrected chi connectivity index (χ3v) is 8.18. The largest absolute Gasteiger partial charge is 0.352 e. The molecule has 1 saturated heterocycles. The van der Waals surface area contributed by atoms with E-state index in [4.69, 9.17) is 0 Å². The maximum Gasteiger partial charge on any atom is 0.251 e. The molecule has 5 rings (SSSR count). The Kier molecular flexibility index (Phi) is 7.24. The predicted octanol–water partition coefficient (Wildman–Crippen LogP) is 6.48. The van der Waals surface area contributed by atoms with Gasteiger partial charge < -0.3 is 5.32 Å². The maximum atomic E-state index is 13.1. The van der Waals surface area contributed by atoms with Crippen molar-refractivity contribution >= 4 is 29.3 Å². The molecule has 0 bridgehead atoms. The number of hydrogen-bond donors (Lipinski definition) is 1. The van der Waals surface area contributed by atoms with Crippen LogP contribution in [-0.4, -0.2) is 23.6 Å². The summed E-state index contributed by atoms with van der Waals surface area (Å²) in [7, 11) is 0. The molecule has 1 aliphatic heterocycles. The number of amides is 2. The number of aryl methyl sites for hydroxylation is 1. The Hall–Kier alpha value is -3.05. The van der Waals surface area contributed by atoms with E-state index in [1.807, 2.05) is 42.2 Å². The van der Waals surface area contributed by atoms with Crippen LogP contribution >= 0.6 is 11.8 Å². The lowest BCUT2D eigenvalue weighted by atomic mass is 10.1. The molecule has 3 aromatic carbocycles. The van der Waals surface area contributed by atoms with Crippen molar-refractivity contribution < 1.29 is 9.59 Å². The molecule has 1 N–H and O–H groups in total. The van der Waals surface area contributed by atoms with Crippen molar-refractivity contribution in [1.82, 2.24) is 5.32 Å². The summed E-state index contributed by atoms with van der Waals surface area (Å²) in [5.74, 6) is 0.748. The van der Waals surface area contributed by atoms with E-state index in [1.54, 1.807) is 11.8 Å². The van der Waals surface area contributed by atoms with E-state index in [1.165, 1.54) is 24.0 Å². The van der Waals surface area contributed by atoms with Crippen molar-refractivity contribution in [3.05, 3.63) is 101 Å². The lowest BCUT2D eigenvalue weighted by molar-refractivity contribution is -0.117. The maximum absolute atomic E-state index is 13.1. The van der Waals surface area contributed by atoms with Gasteiger partial charge in [0.1, 0.15) is 5.37 Å². The summed E-state index contributed by atoms with van der Waals surface area (Å²) in [6.45, 7) is 2.62. The first-order valence-electron chi connectivity index (χ1n) is 12.6. The first-order chi connectivity index (χ1) is 17.1. The molecule has 0 aromatic heterocycles. The Morgan fingerprint density at radius 2 is 1.71 bits per heavy atom. The molecule has 35 heavy (non-hydrogen) atoms. The molecule has 5 heteroatoms. The highest BCUT2D eigenvalue weighted by atomic mass is 32.2. The van der Waals surface area contributed by atoms with Crippen LogP contribution < -0.4 is 10.2 Å². The lowest BCUT2D eigenvalue weighted by Gasteiger charge is -2.25. The minimum Gasteiger partial charge on any atom is -0.352 e. The van der Waals surface area contributed by atoms with Gasteiger partial charge in [-0.3, -0.25) is 14.5 Å². The highest BCUT2D eigenvalue weighted by Crippen LogP contribution is 2.46. The molecule has 2 atom stereocenters. The Morgan fingerprint density at radius 1 is 0.943 bits per heavy atom. The van der Waals surface area contributed by atoms with E-state index >= 15 is 0 Å². The molecule has 0 spiro atoms. The fourth-order valence-electron chi connectivity index (χ4n) is 4.67. The van der Waals surface area contributed by atoms with Gasteiger partial charge in [-0.25, -0.2) is 0 Å². The number of hydrogen-bond acceptors (Lipinski definition) is 3. The monoisotopic (exact) mass is 484 g/mol. The number of rotatable bonds is 9. The standard InChI is InChI=1S/C30H32N2O2S/c1-21-29(34)32(27-17-15-24(16-18-27)23-13-14-23)30(35-21)26-12-7-11-25(20-26)28(33)31-19-6-5-10-22-8-3-2-4-9-22/h2-4,7-9,11-12,15-18,20-21,23,30H,5-6,10,13-14,19H2,1H3,(H,31,33). The van der Waals surface area contributed by atoms with Gasteiger partial charge in [0.25, 0.3) is 5.91 Å². The molecule has 0 radical (unpaired) electrons. The fraction of sp³-hybridized carbons (Fsp3) is 0.333. The van der Waals surface area contributed by atoms with Crippen molar-refractivity contribution in [1.29, 1.82) is 0 Å². The van der Waals surface area contributed by atoms with Crippen LogP contribution in [-0.2, 0) is 11.2 Å². The van der Waals surface area contributed by atoms with Crippen molar-refractivity contribution in [3.63, 3.8) is 0 Å². The Morgan fingerprint density at radius 3 is 2.46 bits per heavy atom. The zero-order chi connectivity index (χ0) is 24.2. The molecule has 2 fully saturated rings. The second kappa shape index (κ2) is 10.7. The second-order valence-electron chi connectivity index (χ2n) is 9.53. The zero-order valence-electron chi connectivity index (χ0n) is 20.2. The molecule has 1 heterocycles. The minimum atomic E-state index is -0.136. The van der Waals surface area contributed by atoms with Gasteiger partial charge in [0.05, 0.1) is 5.25 Å². The van der Waals surface area contributed by atoms with Crippen LogP contribution in [0.25, 0.3) is 0 Å². The van der Waals surface area contributed by atoms with Gasteiger partial charge in [0, 0.05) is 17.8 Å². The number of benzene rings is 3. The van der Waals surface area contributed by atoms with E-state index in [9.17, 15) is 9.59 Å². The molecular weight excluding hydrogens is 452 g/mol. The van der Waals surface area contributed by atoms with Crippen molar-refractivity contribution in [2.75, 3.05) is 11.4 Å². The van der Waals surface area contributed by atoms with Crippen LogP contribution in [0.4, 0.5) is 5.69 Å². The minimum absolute atomic E-state index is 0.0609. The average molecular weight is 485 g/mol. The molecule has 3 aromatic rings. The summed E-state index contributed by atoms with van der Waals surface area (Å²) in [6.07, 6.45) is 5.53. The number of carbonyl (C=O) groups is 2. The SMILES string of the molecule is CC1SC(c2cccc(C(=O)NCCCCc3ccccc3)c2)N(c2ccc(C3CC3)cc2)C1=O. The Balaban J connectivity index is 1.22. The Labute approximate surface area is 212 Å². The van der Waals surface area contributed by atoms with Crippen molar-refractivity contribution in [2.45, 2.75) is 55.6 Å². The summed E-state index contributed by atoms with van der Waals surface area (Å²) in [5, 5.41) is 2.80. The van der Waals surface area contributed by atoms with Crippen LogP contribution in [0.3, 0.4) is 0 Å². The summed E-state index contributed by atoms with van der Waals surface area (Å²) >= 11 is 1.64. The smallest absolute Gasteiger partial charge is 0.251 e. The summed E-state index contributed by atoms with van der Waals surface area (Å²) in [6, 6.07) is 26.6. The van der Waals surface area contributed by atoms with Crippen LogP contribution in [0.2, 0.25) is 0 Å². The van der Waals surface area contributed by atoms with Crippen molar-refractivity contribution in [3.8, 4) is 0 Å². The predicted molar refractivity (Wildman–Crippen MR) is 144 cm³/mol. The molecule has 2 aliphatic rings. The van der Waals surface area contributed by atoms with Crippen molar-refractivity contribution in [2.24, 2.45) is 0 Å². The van der Waals surface area contributed by atoms with Gasteiger partial charge in [-0.05, 0) is 85.9 Å². The summed E-state index contributed by atoms with van der Waals surface area (Å²) in [4.78, 5) is 27.8. The van der Waals surface area contributed by atoms with E-state index in [0.29, 0.717) is 18.0 Å². The first-order valence-corrected chi connectivity index (χ1v) is 13.5. The molecule has 180 valence electrons. The molecule has 2 unspecified atom stereocenters. The third-order valence-electron chi connectivity index (χ3n) is 6.83. The van der Waals surface area contributed by atoms with Gasteiger partial charge in [-0.15, -0.1) is 11.8 Å². The summed E-state index contributed by atoms with van der Waals surface area (Å²) < 4.78 is 0. The first kappa shape index (κ1) is 23.7. The van der Waals surface area contributed by atoms with Gasteiger partial charge in [-0.2, -0.15) is 0 Å². The molecule has 1 saturated carbocycles. The fourth-order valence-corrected chi connectivity index (χ4v) is 5.94. The van der Waals surface area contributed by atoms with E-state index in [-0.39, 0.29) is 22.4 Å². The number of unbranched alkanes of at least 4 members (excludes halogenated alkanes) is 1. The normalized spacial score (nSPS) is 19.7. The van der Waals surface area contributed by atoms with Gasteiger partial charge in [-0.1, -0.05) is 54.6 Å². The third kappa shape index (κ3) is 5.62. The summed E-state index contributed by atoms with van der Waals surface area (Å²) in [5.41, 5.74) is 5.24. The van der Waals surface area contributed by atoms with E-state index in [2.05, 4.69) is 53.8 Å². The van der Waals surface area contributed by atoms with Crippen LogP contribution in [0.1, 0.15) is 70.9 Å². The lowest BCUT2D eigenvalue weighted by Crippen LogP contribution is -2.30. The topological polar surface area (TPSA) is 49.4 Å². The molecule has 2 amide bonds. The number of nitrogens with one attached hydrogen (secondary N) is 1. The molecule has 4 nitrogen and oxygen atoms in total. The number of carbonyl (C=O) groups excluding carboxylic acids is 2. The van der Waals surface area contributed by atoms with Crippen LogP contribution in [0.5, 0.6) is 0 Å².